The molecule has 0 aliphatic rings. The number of alkyl halides is 3. The third-order valence-corrected chi connectivity index (χ3v) is 6.00. The minimum atomic E-state index is -4.43. The van der Waals surface area contributed by atoms with Crippen LogP contribution in [-0.2, 0) is 29.2 Å². The Hall–Kier alpha value is -1.45. The van der Waals surface area contributed by atoms with Crippen LogP contribution in [0, 0.1) is 0 Å². The Balaban J connectivity index is 0.00000420. The van der Waals surface area contributed by atoms with Gasteiger partial charge in [-0.05, 0) is 24.7 Å². The molecule has 0 radical (unpaired) electrons. The maximum absolute atomic E-state index is 12.5. The second kappa shape index (κ2) is 11.1. The first-order valence-corrected chi connectivity index (χ1v) is 10.5. The molecule has 29 heavy (non-hydrogen) atoms. The Morgan fingerprint density at radius 1 is 1.21 bits per heavy atom. The molecule has 0 spiro atoms. The summed E-state index contributed by atoms with van der Waals surface area (Å²) in [5.41, 5.74) is -0.0357. The lowest BCUT2D eigenvalue weighted by Crippen LogP contribution is -2.37. The molecule has 0 atom stereocenters. The van der Waals surface area contributed by atoms with Crippen molar-refractivity contribution in [1.82, 2.24) is 20.3 Å². The molecule has 0 aliphatic heterocycles. The smallest absolute Gasteiger partial charge is 0.356 e. The first kappa shape index (κ1) is 25.6. The fraction of sp³-hybridized carbons (Fsp3) is 0.375. The molecule has 2 aromatic rings. The van der Waals surface area contributed by atoms with E-state index in [1.165, 1.54) is 19.2 Å². The summed E-state index contributed by atoms with van der Waals surface area (Å²) < 4.78 is 63.3. The Morgan fingerprint density at radius 2 is 1.86 bits per heavy atom. The summed E-state index contributed by atoms with van der Waals surface area (Å²) in [5.74, 6) is 0.472. The van der Waals surface area contributed by atoms with Crippen LogP contribution in [0.25, 0.3) is 0 Å². The zero-order valence-corrected chi connectivity index (χ0v) is 19.5. The van der Waals surface area contributed by atoms with Crippen LogP contribution >= 0.6 is 35.3 Å². The van der Waals surface area contributed by atoms with Gasteiger partial charge in [0.05, 0.1) is 9.90 Å². The Kier molecular flexibility index (Phi) is 9.78. The van der Waals surface area contributed by atoms with Crippen LogP contribution in [-0.4, -0.2) is 40.0 Å². The number of nitrogens with zero attached hydrogens (tertiary/aromatic N) is 2. The molecule has 0 aliphatic carbocycles. The Morgan fingerprint density at radius 3 is 2.38 bits per heavy atom. The van der Waals surface area contributed by atoms with Crippen molar-refractivity contribution in [1.29, 1.82) is 0 Å². The summed E-state index contributed by atoms with van der Waals surface area (Å²) in [4.78, 5) is 7.78. The molecule has 0 saturated heterocycles. The van der Waals surface area contributed by atoms with Crippen molar-refractivity contribution in [3.8, 4) is 0 Å². The zero-order chi connectivity index (χ0) is 20.8. The minimum Gasteiger partial charge on any atom is -0.356 e. The van der Waals surface area contributed by atoms with Crippen molar-refractivity contribution in [2.75, 3.05) is 20.6 Å². The summed E-state index contributed by atoms with van der Waals surface area (Å²) in [5, 5.41) is 7.44. The van der Waals surface area contributed by atoms with Crippen molar-refractivity contribution >= 4 is 51.3 Å². The maximum atomic E-state index is 12.5. The van der Waals surface area contributed by atoms with E-state index in [1.807, 2.05) is 0 Å². The van der Waals surface area contributed by atoms with Crippen LogP contribution in [0.5, 0.6) is 0 Å². The lowest BCUT2D eigenvalue weighted by molar-refractivity contribution is -0.140. The highest BCUT2D eigenvalue weighted by Gasteiger charge is 2.33. The molecular formula is C16H21F3IN5O2S2. The van der Waals surface area contributed by atoms with Gasteiger partial charge in [-0.2, -0.15) is 13.2 Å². The van der Waals surface area contributed by atoms with Gasteiger partial charge in [0, 0.05) is 31.9 Å². The summed E-state index contributed by atoms with van der Waals surface area (Å²) in [6, 6.07) is 6.36. The number of hydrogen-bond acceptors (Lipinski definition) is 5. The lowest BCUT2D eigenvalue weighted by atomic mass is 10.2. The second-order valence-corrected chi connectivity index (χ2v) is 8.41. The minimum absolute atomic E-state index is 0. The van der Waals surface area contributed by atoms with E-state index in [2.05, 4.69) is 25.3 Å². The number of benzene rings is 1. The fourth-order valence-corrected chi connectivity index (χ4v) is 3.69. The molecule has 13 heteroatoms. The van der Waals surface area contributed by atoms with Crippen LogP contribution in [0.1, 0.15) is 16.3 Å². The van der Waals surface area contributed by atoms with E-state index in [0.29, 0.717) is 30.5 Å². The molecule has 162 valence electrons. The summed E-state index contributed by atoms with van der Waals surface area (Å²) >= 11 is 0.965. The zero-order valence-electron chi connectivity index (χ0n) is 15.6. The van der Waals surface area contributed by atoms with Crippen LogP contribution < -0.4 is 15.4 Å². The number of thiazole rings is 1. The van der Waals surface area contributed by atoms with E-state index in [9.17, 15) is 21.6 Å². The van der Waals surface area contributed by atoms with Crippen LogP contribution in [0.4, 0.5) is 13.2 Å². The quantitative estimate of drug-likeness (QED) is 0.274. The Bertz CT molecular complexity index is 915. The van der Waals surface area contributed by atoms with E-state index < -0.39 is 21.9 Å². The standard InChI is InChI=1S/C16H20F3N5O2S2.HI/c1-20-15(22-8-7-14-24-13(10-27-14)16(17,18)19)23-9-11-3-5-12(6-4-11)28(25,26)21-2;/h3-6,10,21H,7-9H2,1-2H3,(H2,20,22,23);1H. The molecule has 7 nitrogen and oxygen atoms in total. The van der Waals surface area contributed by atoms with Crippen molar-refractivity contribution in [3.63, 3.8) is 0 Å². The van der Waals surface area contributed by atoms with Crippen molar-refractivity contribution in [2.45, 2.75) is 24.0 Å². The first-order valence-electron chi connectivity index (χ1n) is 8.14. The fourth-order valence-electron chi connectivity index (χ4n) is 2.15. The van der Waals surface area contributed by atoms with Crippen LogP contribution in [0.3, 0.4) is 0 Å². The van der Waals surface area contributed by atoms with E-state index in [0.717, 1.165) is 22.3 Å². The summed E-state index contributed by atoms with van der Waals surface area (Å²) in [6.45, 7) is 0.763. The number of guanidine groups is 1. The molecule has 1 heterocycles. The number of nitrogens with one attached hydrogen (secondary N) is 3. The molecule has 0 unspecified atom stereocenters. The topological polar surface area (TPSA) is 95.5 Å². The van der Waals surface area contributed by atoms with Gasteiger partial charge >= 0.3 is 6.18 Å². The number of aliphatic imine (C=N–C) groups is 1. The molecule has 3 N–H and O–H groups in total. The number of halogens is 4. The number of rotatable bonds is 7. The second-order valence-electron chi connectivity index (χ2n) is 5.58. The normalized spacial score (nSPS) is 12.4. The monoisotopic (exact) mass is 563 g/mol. The van der Waals surface area contributed by atoms with Gasteiger partial charge in [-0.25, -0.2) is 18.1 Å². The average Bonchev–Trinajstić information content (AvgIpc) is 3.14. The summed E-state index contributed by atoms with van der Waals surface area (Å²) in [7, 11) is -0.563. The van der Waals surface area contributed by atoms with Crippen LogP contribution in [0.2, 0.25) is 0 Å². The highest BCUT2D eigenvalue weighted by Crippen LogP contribution is 2.29. The van der Waals surface area contributed by atoms with E-state index in [4.69, 9.17) is 0 Å². The first-order chi connectivity index (χ1) is 13.2. The average molecular weight is 563 g/mol. The Labute approximate surface area is 188 Å². The number of hydrogen-bond donors (Lipinski definition) is 3. The largest absolute Gasteiger partial charge is 0.434 e. The van der Waals surface area contributed by atoms with E-state index >= 15 is 0 Å². The van der Waals surface area contributed by atoms with Gasteiger partial charge in [0.25, 0.3) is 0 Å². The van der Waals surface area contributed by atoms with E-state index in [1.54, 1.807) is 19.2 Å². The number of sulfonamides is 1. The van der Waals surface area contributed by atoms with Gasteiger partial charge in [0.2, 0.25) is 10.0 Å². The van der Waals surface area contributed by atoms with Crippen LogP contribution in [0.15, 0.2) is 39.5 Å². The lowest BCUT2D eigenvalue weighted by Gasteiger charge is -2.12. The van der Waals surface area contributed by atoms with Gasteiger partial charge in [0.15, 0.2) is 11.7 Å². The highest BCUT2D eigenvalue weighted by atomic mass is 127. The third kappa shape index (κ3) is 7.71. The maximum Gasteiger partial charge on any atom is 0.434 e. The molecular weight excluding hydrogens is 542 g/mol. The number of aromatic nitrogens is 1. The third-order valence-electron chi connectivity index (χ3n) is 3.66. The van der Waals surface area contributed by atoms with Gasteiger partial charge in [-0.3, -0.25) is 4.99 Å². The molecule has 0 saturated carbocycles. The summed E-state index contributed by atoms with van der Waals surface area (Å²) in [6.07, 6.45) is -4.10. The highest BCUT2D eigenvalue weighted by molar-refractivity contribution is 14.0. The SMILES string of the molecule is CN=C(NCCc1nc(C(F)(F)F)cs1)NCc1ccc(S(=O)(=O)NC)cc1.I. The van der Waals surface area contributed by atoms with Crippen molar-refractivity contribution < 1.29 is 21.6 Å². The molecule has 2 rings (SSSR count). The predicted octanol–water partition coefficient (Wildman–Crippen LogP) is 2.60. The van der Waals surface area contributed by atoms with Gasteiger partial charge in [-0.1, -0.05) is 12.1 Å². The molecule has 0 fully saturated rings. The van der Waals surface area contributed by atoms with Gasteiger partial charge < -0.3 is 10.6 Å². The van der Waals surface area contributed by atoms with Gasteiger partial charge in [0.1, 0.15) is 0 Å². The van der Waals surface area contributed by atoms with E-state index in [-0.39, 0.29) is 28.9 Å². The molecule has 0 bridgehead atoms. The van der Waals surface area contributed by atoms with Crippen molar-refractivity contribution in [3.05, 3.63) is 45.9 Å². The molecule has 0 amide bonds. The predicted molar refractivity (Wildman–Crippen MR) is 117 cm³/mol. The van der Waals surface area contributed by atoms with Gasteiger partial charge in [-0.15, -0.1) is 35.3 Å². The molecule has 1 aromatic heterocycles. The molecule has 1 aromatic carbocycles. The van der Waals surface area contributed by atoms with Crippen molar-refractivity contribution in [2.24, 2.45) is 4.99 Å².